The normalized spacial score (nSPS) is 12.5. The predicted octanol–water partition coefficient (Wildman–Crippen LogP) is 2.13. The Balaban J connectivity index is 3.28. The zero-order valence-electron chi connectivity index (χ0n) is 8.13. The van der Waals surface area contributed by atoms with Gasteiger partial charge >= 0.3 is 5.97 Å². The molecule has 5 heteroatoms. The lowest BCUT2D eigenvalue weighted by Crippen LogP contribution is -2.13. The van der Waals surface area contributed by atoms with Crippen LogP contribution in [0, 0.1) is 11.6 Å². The highest BCUT2D eigenvalue weighted by Crippen LogP contribution is 2.28. The summed E-state index contributed by atoms with van der Waals surface area (Å²) in [6.07, 6.45) is 0.225. The van der Waals surface area contributed by atoms with Gasteiger partial charge in [-0.25, -0.2) is 8.78 Å². The number of hydrogen-bond acceptors (Lipinski definition) is 2. The lowest BCUT2D eigenvalue weighted by molar-refractivity contribution is -0.138. The molecule has 82 valence electrons. The number of aliphatic carboxylic acids is 1. The van der Waals surface area contributed by atoms with Gasteiger partial charge in [-0.05, 0) is 18.1 Å². The summed E-state index contributed by atoms with van der Waals surface area (Å²) in [5.41, 5.74) is 5.05. The van der Waals surface area contributed by atoms with Crippen LogP contribution in [0.5, 0.6) is 0 Å². The highest BCUT2D eigenvalue weighted by molar-refractivity contribution is 5.78. The lowest BCUT2D eigenvalue weighted by atomic mass is 9.95. The molecule has 0 aliphatic heterocycles. The largest absolute Gasteiger partial charge is 0.481 e. The number of carboxylic acids is 1. The molecule has 0 heterocycles. The third kappa shape index (κ3) is 2.23. The van der Waals surface area contributed by atoms with Gasteiger partial charge in [0.25, 0.3) is 0 Å². The number of hydrogen-bond donors (Lipinski definition) is 2. The average Bonchev–Trinajstić information content (AvgIpc) is 2.13. The van der Waals surface area contributed by atoms with E-state index in [4.69, 9.17) is 10.8 Å². The topological polar surface area (TPSA) is 63.3 Å². The quantitative estimate of drug-likeness (QED) is 0.759. The first kappa shape index (κ1) is 11.4. The summed E-state index contributed by atoms with van der Waals surface area (Å²) >= 11 is 0. The Kier molecular flexibility index (Phi) is 3.24. The molecule has 0 aromatic heterocycles. The van der Waals surface area contributed by atoms with Gasteiger partial charge in [-0.3, -0.25) is 4.79 Å². The van der Waals surface area contributed by atoms with E-state index in [2.05, 4.69) is 0 Å². The first-order chi connectivity index (χ1) is 6.97. The van der Waals surface area contributed by atoms with E-state index in [1.165, 1.54) is 0 Å². The van der Waals surface area contributed by atoms with Gasteiger partial charge in [-0.15, -0.1) is 0 Å². The van der Waals surface area contributed by atoms with Crippen molar-refractivity contribution < 1.29 is 18.7 Å². The summed E-state index contributed by atoms with van der Waals surface area (Å²) in [4.78, 5) is 10.8. The summed E-state index contributed by atoms with van der Waals surface area (Å²) in [5, 5.41) is 8.83. The average molecular weight is 215 g/mol. The standard InChI is InChI=1S/C10H11F2NO2/c1-2-6(10(14)15)7-3-5(11)4-8(12)9(7)13/h3-4,6H,2,13H2,1H3,(H,14,15). The molecular weight excluding hydrogens is 204 g/mol. The molecular formula is C10H11F2NO2. The van der Waals surface area contributed by atoms with Gasteiger partial charge in [0.15, 0.2) is 0 Å². The van der Waals surface area contributed by atoms with Crippen LogP contribution in [0.2, 0.25) is 0 Å². The fraction of sp³-hybridized carbons (Fsp3) is 0.300. The maximum atomic E-state index is 13.0. The number of carboxylic acid groups (broad SMARTS) is 1. The molecule has 0 spiro atoms. The van der Waals surface area contributed by atoms with Gasteiger partial charge in [-0.1, -0.05) is 6.92 Å². The number of nitrogens with two attached hydrogens (primary N) is 1. The van der Waals surface area contributed by atoms with Crippen molar-refractivity contribution in [3.05, 3.63) is 29.3 Å². The first-order valence-corrected chi connectivity index (χ1v) is 4.44. The van der Waals surface area contributed by atoms with Crippen LogP contribution in [0.25, 0.3) is 0 Å². The van der Waals surface area contributed by atoms with Gasteiger partial charge in [-0.2, -0.15) is 0 Å². The molecule has 0 bridgehead atoms. The second-order valence-electron chi connectivity index (χ2n) is 3.19. The molecule has 1 aromatic carbocycles. The van der Waals surface area contributed by atoms with Crippen LogP contribution in [0.1, 0.15) is 24.8 Å². The molecule has 3 nitrogen and oxygen atoms in total. The van der Waals surface area contributed by atoms with Crippen molar-refractivity contribution in [2.24, 2.45) is 0 Å². The van der Waals surface area contributed by atoms with Crippen LogP contribution < -0.4 is 5.73 Å². The molecule has 0 saturated heterocycles. The van der Waals surface area contributed by atoms with Crippen molar-refractivity contribution in [3.8, 4) is 0 Å². The number of rotatable bonds is 3. The Morgan fingerprint density at radius 1 is 1.53 bits per heavy atom. The molecule has 3 N–H and O–H groups in total. The minimum atomic E-state index is -1.14. The monoisotopic (exact) mass is 215 g/mol. The fourth-order valence-corrected chi connectivity index (χ4v) is 1.42. The molecule has 0 aliphatic carbocycles. The van der Waals surface area contributed by atoms with E-state index in [-0.39, 0.29) is 17.7 Å². The number of benzene rings is 1. The van der Waals surface area contributed by atoms with E-state index in [0.29, 0.717) is 6.07 Å². The Morgan fingerprint density at radius 2 is 2.13 bits per heavy atom. The van der Waals surface area contributed by atoms with Crippen molar-refractivity contribution in [3.63, 3.8) is 0 Å². The molecule has 1 rings (SSSR count). The number of carbonyl (C=O) groups is 1. The molecule has 1 atom stereocenters. The van der Waals surface area contributed by atoms with Gasteiger partial charge in [0.1, 0.15) is 11.6 Å². The Labute approximate surface area is 85.5 Å². The number of anilines is 1. The highest BCUT2D eigenvalue weighted by Gasteiger charge is 2.22. The summed E-state index contributed by atoms with van der Waals surface area (Å²) in [6, 6.07) is 1.59. The van der Waals surface area contributed by atoms with Crippen molar-refractivity contribution in [1.82, 2.24) is 0 Å². The maximum Gasteiger partial charge on any atom is 0.311 e. The fourth-order valence-electron chi connectivity index (χ4n) is 1.42. The van der Waals surface area contributed by atoms with E-state index in [1.54, 1.807) is 6.92 Å². The molecule has 0 saturated carbocycles. The van der Waals surface area contributed by atoms with Crippen LogP contribution in [-0.4, -0.2) is 11.1 Å². The van der Waals surface area contributed by atoms with Crippen molar-refractivity contribution >= 4 is 11.7 Å². The third-order valence-electron chi connectivity index (χ3n) is 2.21. The van der Waals surface area contributed by atoms with Crippen molar-refractivity contribution in [2.45, 2.75) is 19.3 Å². The van der Waals surface area contributed by atoms with Gasteiger partial charge < -0.3 is 10.8 Å². The maximum absolute atomic E-state index is 13.0. The second-order valence-corrected chi connectivity index (χ2v) is 3.19. The van der Waals surface area contributed by atoms with E-state index < -0.39 is 23.5 Å². The minimum Gasteiger partial charge on any atom is -0.481 e. The second kappa shape index (κ2) is 4.25. The molecule has 0 amide bonds. The summed E-state index contributed by atoms with van der Waals surface area (Å²) in [7, 11) is 0. The summed E-state index contributed by atoms with van der Waals surface area (Å²) < 4.78 is 25.9. The van der Waals surface area contributed by atoms with Gasteiger partial charge in [0.05, 0.1) is 11.6 Å². The van der Waals surface area contributed by atoms with E-state index >= 15 is 0 Å². The van der Waals surface area contributed by atoms with Crippen molar-refractivity contribution in [2.75, 3.05) is 5.73 Å². The molecule has 0 fully saturated rings. The molecule has 1 unspecified atom stereocenters. The predicted molar refractivity (Wildman–Crippen MR) is 51.4 cm³/mol. The van der Waals surface area contributed by atoms with Gasteiger partial charge in [0.2, 0.25) is 0 Å². The molecule has 1 aromatic rings. The van der Waals surface area contributed by atoms with E-state index in [0.717, 1.165) is 6.07 Å². The number of nitrogen functional groups attached to an aromatic ring is 1. The van der Waals surface area contributed by atoms with Crippen LogP contribution in [0.4, 0.5) is 14.5 Å². The molecule has 15 heavy (non-hydrogen) atoms. The Morgan fingerprint density at radius 3 is 2.60 bits per heavy atom. The molecule has 0 aliphatic rings. The lowest BCUT2D eigenvalue weighted by Gasteiger charge is -2.13. The Bertz CT molecular complexity index is 393. The third-order valence-corrected chi connectivity index (χ3v) is 2.21. The SMILES string of the molecule is CCC(C(=O)O)c1cc(F)cc(F)c1N. The Hall–Kier alpha value is -1.65. The first-order valence-electron chi connectivity index (χ1n) is 4.44. The summed E-state index contributed by atoms with van der Waals surface area (Å²) in [6.45, 7) is 1.61. The zero-order chi connectivity index (χ0) is 11.6. The minimum absolute atomic E-state index is 0.0116. The van der Waals surface area contributed by atoms with Gasteiger partial charge in [0, 0.05) is 6.07 Å². The van der Waals surface area contributed by atoms with Crippen LogP contribution >= 0.6 is 0 Å². The smallest absolute Gasteiger partial charge is 0.311 e. The molecule has 0 radical (unpaired) electrons. The van der Waals surface area contributed by atoms with Crippen molar-refractivity contribution in [1.29, 1.82) is 0 Å². The number of halogens is 2. The van der Waals surface area contributed by atoms with E-state index in [9.17, 15) is 13.6 Å². The van der Waals surface area contributed by atoms with Crippen LogP contribution in [-0.2, 0) is 4.79 Å². The summed E-state index contributed by atoms with van der Waals surface area (Å²) in [5.74, 6) is -3.87. The van der Waals surface area contributed by atoms with E-state index in [1.807, 2.05) is 0 Å². The van der Waals surface area contributed by atoms with Crippen LogP contribution in [0.15, 0.2) is 12.1 Å². The highest BCUT2D eigenvalue weighted by atomic mass is 19.1. The van der Waals surface area contributed by atoms with Crippen LogP contribution in [0.3, 0.4) is 0 Å². The zero-order valence-corrected chi connectivity index (χ0v) is 8.13.